The van der Waals surface area contributed by atoms with Gasteiger partial charge in [-0.15, -0.1) is 0 Å². The van der Waals surface area contributed by atoms with Crippen molar-refractivity contribution >= 4 is 46.4 Å². The summed E-state index contributed by atoms with van der Waals surface area (Å²) in [6.07, 6.45) is -0.736. The third kappa shape index (κ3) is 4.27. The quantitative estimate of drug-likeness (QED) is 0.842. The molecule has 110 valence electrons. The Hall–Kier alpha value is -1.42. The van der Waals surface area contributed by atoms with Gasteiger partial charge in [0.1, 0.15) is 10.8 Å². The van der Waals surface area contributed by atoms with Crippen LogP contribution in [0.3, 0.4) is 0 Å². The van der Waals surface area contributed by atoms with E-state index in [0.29, 0.717) is 21.5 Å². The smallest absolute Gasteiger partial charge is 0.265 e. The van der Waals surface area contributed by atoms with E-state index in [1.54, 1.807) is 49.4 Å². The predicted molar refractivity (Wildman–Crippen MR) is 86.6 cm³/mol. The number of hydrogen-bond acceptors (Lipinski definition) is 2. The monoisotopic (exact) mass is 343 g/mol. The molecule has 0 heterocycles. The van der Waals surface area contributed by atoms with Crippen LogP contribution in [0, 0.1) is 0 Å². The molecule has 3 nitrogen and oxygen atoms in total. The van der Waals surface area contributed by atoms with Crippen molar-refractivity contribution in [1.29, 1.82) is 0 Å². The summed E-state index contributed by atoms with van der Waals surface area (Å²) >= 11 is 17.8. The lowest BCUT2D eigenvalue weighted by molar-refractivity contribution is -0.122. The molecule has 0 saturated carbocycles. The van der Waals surface area contributed by atoms with Gasteiger partial charge in [0.05, 0.1) is 5.02 Å². The lowest BCUT2D eigenvalue weighted by Crippen LogP contribution is -2.30. The van der Waals surface area contributed by atoms with Crippen LogP contribution in [0.15, 0.2) is 42.5 Å². The Morgan fingerprint density at radius 2 is 1.86 bits per heavy atom. The second kappa shape index (κ2) is 7.03. The van der Waals surface area contributed by atoms with Gasteiger partial charge in [-0.3, -0.25) is 4.79 Å². The summed E-state index contributed by atoms with van der Waals surface area (Å²) in [5.74, 6) is 0.0474. The third-order valence-corrected chi connectivity index (χ3v) is 3.72. The molecule has 21 heavy (non-hydrogen) atoms. The Morgan fingerprint density at radius 1 is 1.14 bits per heavy atom. The summed E-state index contributed by atoms with van der Waals surface area (Å²) < 4.78 is 5.53. The lowest BCUT2D eigenvalue weighted by Gasteiger charge is -2.16. The van der Waals surface area contributed by atoms with Gasteiger partial charge in [0, 0.05) is 10.7 Å². The number of rotatable bonds is 4. The number of benzene rings is 2. The maximum atomic E-state index is 12.1. The number of amides is 1. The molecule has 2 aromatic rings. The van der Waals surface area contributed by atoms with Gasteiger partial charge < -0.3 is 10.1 Å². The van der Waals surface area contributed by atoms with Crippen LogP contribution in [0.2, 0.25) is 15.1 Å². The fraction of sp³-hybridized carbons (Fsp3) is 0.133. The van der Waals surface area contributed by atoms with Gasteiger partial charge in [-0.05, 0) is 37.3 Å². The minimum atomic E-state index is -0.736. The van der Waals surface area contributed by atoms with E-state index < -0.39 is 6.10 Å². The van der Waals surface area contributed by atoms with Gasteiger partial charge in [0.25, 0.3) is 5.91 Å². The molecular weight excluding hydrogens is 333 g/mol. The van der Waals surface area contributed by atoms with E-state index in [4.69, 9.17) is 39.5 Å². The van der Waals surface area contributed by atoms with Crippen molar-refractivity contribution in [3.63, 3.8) is 0 Å². The summed E-state index contributed by atoms with van der Waals surface area (Å²) in [6, 6.07) is 11.9. The minimum absolute atomic E-state index is 0.279. The predicted octanol–water partition coefficient (Wildman–Crippen LogP) is 5.05. The molecule has 1 atom stereocenters. The first kappa shape index (κ1) is 16.0. The van der Waals surface area contributed by atoms with Crippen molar-refractivity contribution in [3.8, 4) is 5.75 Å². The molecule has 0 radical (unpaired) electrons. The van der Waals surface area contributed by atoms with E-state index in [9.17, 15) is 4.79 Å². The highest BCUT2D eigenvalue weighted by Gasteiger charge is 2.17. The number of carbonyl (C=O) groups excluding carboxylic acids is 1. The topological polar surface area (TPSA) is 38.3 Å². The molecule has 0 unspecified atom stereocenters. The lowest BCUT2D eigenvalue weighted by atomic mass is 10.3. The van der Waals surface area contributed by atoms with Crippen molar-refractivity contribution in [2.45, 2.75) is 13.0 Å². The molecular formula is C15H12Cl3NO2. The zero-order chi connectivity index (χ0) is 15.4. The standard InChI is InChI=1S/C15H12Cl3NO2/c1-9(21-13-7-3-6-12(17)14(13)18)15(20)19-11-5-2-4-10(16)8-11/h2-9H,1H3,(H,19,20)/t9-/m1/s1. The molecule has 0 saturated heterocycles. The molecule has 0 aromatic heterocycles. The summed E-state index contributed by atoms with van der Waals surface area (Å²) in [5, 5.41) is 3.90. The van der Waals surface area contributed by atoms with E-state index in [-0.39, 0.29) is 10.9 Å². The van der Waals surface area contributed by atoms with E-state index in [2.05, 4.69) is 5.32 Å². The summed E-state index contributed by atoms with van der Waals surface area (Å²) in [6.45, 7) is 1.62. The van der Waals surface area contributed by atoms with Crippen LogP contribution in [0.5, 0.6) is 5.75 Å². The second-order valence-electron chi connectivity index (χ2n) is 4.31. The number of hydrogen-bond donors (Lipinski definition) is 1. The summed E-state index contributed by atoms with van der Waals surface area (Å²) in [7, 11) is 0. The fourth-order valence-electron chi connectivity index (χ4n) is 1.63. The Balaban J connectivity index is 2.04. The third-order valence-electron chi connectivity index (χ3n) is 2.68. The summed E-state index contributed by atoms with van der Waals surface area (Å²) in [5.41, 5.74) is 0.597. The molecule has 2 aromatic carbocycles. The zero-order valence-electron chi connectivity index (χ0n) is 11.1. The highest BCUT2D eigenvalue weighted by atomic mass is 35.5. The van der Waals surface area contributed by atoms with Crippen LogP contribution in [-0.2, 0) is 4.79 Å². The normalized spacial score (nSPS) is 11.8. The van der Waals surface area contributed by atoms with E-state index in [1.165, 1.54) is 0 Å². The van der Waals surface area contributed by atoms with Crippen LogP contribution < -0.4 is 10.1 Å². The molecule has 1 N–H and O–H groups in total. The van der Waals surface area contributed by atoms with Crippen molar-refractivity contribution in [3.05, 3.63) is 57.5 Å². The Morgan fingerprint density at radius 3 is 2.57 bits per heavy atom. The number of ether oxygens (including phenoxy) is 1. The summed E-state index contributed by atoms with van der Waals surface area (Å²) in [4.78, 5) is 12.1. The SMILES string of the molecule is C[C@@H](Oc1cccc(Cl)c1Cl)C(=O)Nc1cccc(Cl)c1. The van der Waals surface area contributed by atoms with E-state index in [1.807, 2.05) is 0 Å². The average Bonchev–Trinajstić information content (AvgIpc) is 2.44. The van der Waals surface area contributed by atoms with Crippen LogP contribution >= 0.6 is 34.8 Å². The van der Waals surface area contributed by atoms with Gasteiger partial charge in [-0.25, -0.2) is 0 Å². The Kier molecular flexibility index (Phi) is 5.34. The van der Waals surface area contributed by atoms with Gasteiger partial charge >= 0.3 is 0 Å². The van der Waals surface area contributed by atoms with Gasteiger partial charge in [-0.1, -0.05) is 46.9 Å². The van der Waals surface area contributed by atoms with Crippen molar-refractivity contribution in [2.24, 2.45) is 0 Å². The first-order valence-corrected chi connectivity index (χ1v) is 7.28. The largest absolute Gasteiger partial charge is 0.479 e. The molecule has 0 spiro atoms. The van der Waals surface area contributed by atoms with Crippen molar-refractivity contribution in [1.82, 2.24) is 0 Å². The molecule has 0 aliphatic heterocycles. The van der Waals surface area contributed by atoms with Crippen LogP contribution in [-0.4, -0.2) is 12.0 Å². The molecule has 1 amide bonds. The van der Waals surface area contributed by atoms with Crippen molar-refractivity contribution in [2.75, 3.05) is 5.32 Å². The van der Waals surface area contributed by atoms with Gasteiger partial charge in [0.15, 0.2) is 6.10 Å². The number of carbonyl (C=O) groups is 1. The number of nitrogens with one attached hydrogen (secondary N) is 1. The van der Waals surface area contributed by atoms with Crippen LogP contribution in [0.1, 0.15) is 6.92 Å². The number of halogens is 3. The Bertz CT molecular complexity index is 661. The highest BCUT2D eigenvalue weighted by Crippen LogP contribution is 2.32. The molecule has 2 rings (SSSR count). The number of anilines is 1. The molecule has 6 heteroatoms. The van der Waals surface area contributed by atoms with Crippen LogP contribution in [0.4, 0.5) is 5.69 Å². The van der Waals surface area contributed by atoms with E-state index in [0.717, 1.165) is 0 Å². The van der Waals surface area contributed by atoms with Gasteiger partial charge in [-0.2, -0.15) is 0 Å². The van der Waals surface area contributed by atoms with Crippen LogP contribution in [0.25, 0.3) is 0 Å². The highest BCUT2D eigenvalue weighted by molar-refractivity contribution is 6.42. The first-order valence-electron chi connectivity index (χ1n) is 6.14. The Labute approximate surface area is 137 Å². The van der Waals surface area contributed by atoms with E-state index >= 15 is 0 Å². The first-order chi connectivity index (χ1) is 9.97. The van der Waals surface area contributed by atoms with Crippen molar-refractivity contribution < 1.29 is 9.53 Å². The second-order valence-corrected chi connectivity index (χ2v) is 5.53. The fourth-order valence-corrected chi connectivity index (χ4v) is 2.16. The molecule has 0 aliphatic carbocycles. The molecule has 0 aliphatic rings. The van der Waals surface area contributed by atoms with Gasteiger partial charge in [0.2, 0.25) is 0 Å². The average molecular weight is 345 g/mol. The molecule has 0 fully saturated rings. The maximum Gasteiger partial charge on any atom is 0.265 e. The minimum Gasteiger partial charge on any atom is -0.479 e. The maximum absolute atomic E-state index is 12.1. The molecule has 0 bridgehead atoms. The zero-order valence-corrected chi connectivity index (χ0v) is 13.3.